The van der Waals surface area contributed by atoms with E-state index in [9.17, 15) is 9.59 Å². The number of hydrogen-bond acceptors (Lipinski definition) is 3. The number of ether oxygens (including phenoxy) is 1. The third-order valence-electron chi connectivity index (χ3n) is 4.13. The fourth-order valence-corrected chi connectivity index (χ4v) is 2.35. The average Bonchev–Trinajstić information content (AvgIpc) is 2.58. The monoisotopic (exact) mass is 340 g/mol. The van der Waals surface area contributed by atoms with Gasteiger partial charge in [0, 0.05) is 12.7 Å². The molecule has 5 nitrogen and oxygen atoms in total. The Hall–Kier alpha value is -2.82. The topological polar surface area (TPSA) is 58.6 Å². The number of rotatable bonds is 6. The number of carbonyl (C=O) groups excluding carboxylic acids is 2. The smallest absolute Gasteiger partial charge is 0.260 e. The summed E-state index contributed by atoms with van der Waals surface area (Å²) >= 11 is 0. The van der Waals surface area contributed by atoms with Gasteiger partial charge in [-0.05, 0) is 49.6 Å². The van der Waals surface area contributed by atoms with Gasteiger partial charge in [0.15, 0.2) is 6.61 Å². The van der Waals surface area contributed by atoms with Crippen molar-refractivity contribution < 1.29 is 14.3 Å². The quantitative estimate of drug-likeness (QED) is 0.879. The Kier molecular flexibility index (Phi) is 6.17. The predicted octanol–water partition coefficient (Wildman–Crippen LogP) is 3.09. The lowest BCUT2D eigenvalue weighted by molar-refractivity contribution is -0.135. The molecule has 0 bridgehead atoms. The van der Waals surface area contributed by atoms with Crippen LogP contribution >= 0.6 is 0 Å². The van der Waals surface area contributed by atoms with E-state index in [1.165, 1.54) is 4.90 Å². The van der Waals surface area contributed by atoms with Gasteiger partial charge in [-0.3, -0.25) is 9.59 Å². The molecule has 5 heteroatoms. The molecule has 132 valence electrons. The zero-order chi connectivity index (χ0) is 18.4. The van der Waals surface area contributed by atoms with Gasteiger partial charge in [-0.15, -0.1) is 0 Å². The molecule has 1 N–H and O–H groups in total. The van der Waals surface area contributed by atoms with Crippen molar-refractivity contribution in [1.29, 1.82) is 0 Å². The molecule has 0 aromatic heterocycles. The fraction of sp³-hybridized carbons (Fsp3) is 0.300. The summed E-state index contributed by atoms with van der Waals surface area (Å²) in [6.07, 6.45) is 0. The molecular formula is C20H24N2O3. The van der Waals surface area contributed by atoms with Crippen molar-refractivity contribution in [2.24, 2.45) is 0 Å². The molecule has 2 aromatic carbocycles. The van der Waals surface area contributed by atoms with Gasteiger partial charge in [-0.1, -0.05) is 30.3 Å². The number of anilines is 1. The van der Waals surface area contributed by atoms with Crippen LogP contribution in [-0.4, -0.2) is 36.9 Å². The van der Waals surface area contributed by atoms with E-state index in [0.29, 0.717) is 5.75 Å². The summed E-state index contributed by atoms with van der Waals surface area (Å²) in [4.78, 5) is 25.7. The minimum Gasteiger partial charge on any atom is -0.484 e. The molecule has 0 fully saturated rings. The standard InChI is InChI=1S/C20H24N2O3/c1-14-9-7-10-17(16(14)3)21-19(23)12-22(4)20(24)13-25-18-11-6-5-8-15(18)2/h5-11H,12-13H2,1-4H3,(H,21,23). The maximum Gasteiger partial charge on any atom is 0.260 e. The molecule has 2 aromatic rings. The van der Waals surface area contributed by atoms with E-state index in [1.807, 2.05) is 63.2 Å². The highest BCUT2D eigenvalue weighted by molar-refractivity contribution is 5.95. The summed E-state index contributed by atoms with van der Waals surface area (Å²) in [6, 6.07) is 13.2. The van der Waals surface area contributed by atoms with Gasteiger partial charge in [0.2, 0.25) is 5.91 Å². The summed E-state index contributed by atoms with van der Waals surface area (Å²) in [7, 11) is 1.59. The van der Waals surface area contributed by atoms with Crippen LogP contribution in [0.15, 0.2) is 42.5 Å². The van der Waals surface area contributed by atoms with Crippen molar-refractivity contribution in [1.82, 2.24) is 4.90 Å². The Morgan fingerprint density at radius 2 is 1.68 bits per heavy atom. The molecule has 0 aliphatic heterocycles. The van der Waals surface area contributed by atoms with Crippen LogP contribution in [0.25, 0.3) is 0 Å². The van der Waals surface area contributed by atoms with E-state index in [-0.39, 0.29) is 25.0 Å². The van der Waals surface area contributed by atoms with Crippen LogP contribution in [-0.2, 0) is 9.59 Å². The molecule has 0 saturated heterocycles. The normalized spacial score (nSPS) is 10.2. The highest BCUT2D eigenvalue weighted by atomic mass is 16.5. The molecule has 0 saturated carbocycles. The first-order valence-electron chi connectivity index (χ1n) is 8.17. The Morgan fingerprint density at radius 3 is 2.40 bits per heavy atom. The lowest BCUT2D eigenvalue weighted by Crippen LogP contribution is -2.37. The van der Waals surface area contributed by atoms with Crippen molar-refractivity contribution in [2.45, 2.75) is 20.8 Å². The number of carbonyl (C=O) groups is 2. The third kappa shape index (κ3) is 5.08. The SMILES string of the molecule is Cc1ccccc1OCC(=O)N(C)CC(=O)Nc1cccc(C)c1C. The summed E-state index contributed by atoms with van der Waals surface area (Å²) in [6.45, 7) is 5.74. The Labute approximate surface area is 148 Å². The summed E-state index contributed by atoms with van der Waals surface area (Å²) in [5.74, 6) is 0.184. The number of amides is 2. The Morgan fingerprint density at radius 1 is 1.00 bits per heavy atom. The Balaban J connectivity index is 1.87. The van der Waals surface area contributed by atoms with Gasteiger partial charge in [0.25, 0.3) is 5.91 Å². The van der Waals surface area contributed by atoms with Crippen LogP contribution in [0, 0.1) is 20.8 Å². The van der Waals surface area contributed by atoms with Crippen LogP contribution in [0.4, 0.5) is 5.69 Å². The zero-order valence-electron chi connectivity index (χ0n) is 15.1. The van der Waals surface area contributed by atoms with E-state index in [1.54, 1.807) is 7.05 Å². The lowest BCUT2D eigenvalue weighted by atomic mass is 10.1. The second-order valence-electron chi connectivity index (χ2n) is 6.10. The number of aryl methyl sites for hydroxylation is 2. The van der Waals surface area contributed by atoms with Crippen LogP contribution in [0.1, 0.15) is 16.7 Å². The second-order valence-corrected chi connectivity index (χ2v) is 6.10. The average molecular weight is 340 g/mol. The summed E-state index contributed by atoms with van der Waals surface area (Å²) in [5, 5.41) is 2.85. The van der Waals surface area contributed by atoms with Crippen molar-refractivity contribution in [3.05, 3.63) is 59.2 Å². The second kappa shape index (κ2) is 8.33. The molecule has 0 heterocycles. The van der Waals surface area contributed by atoms with Crippen LogP contribution < -0.4 is 10.1 Å². The van der Waals surface area contributed by atoms with Gasteiger partial charge in [0.05, 0.1) is 6.54 Å². The van der Waals surface area contributed by atoms with Gasteiger partial charge >= 0.3 is 0 Å². The van der Waals surface area contributed by atoms with Crippen molar-refractivity contribution >= 4 is 17.5 Å². The molecular weight excluding hydrogens is 316 g/mol. The third-order valence-corrected chi connectivity index (χ3v) is 4.13. The number of nitrogens with one attached hydrogen (secondary N) is 1. The van der Waals surface area contributed by atoms with Crippen LogP contribution in [0.5, 0.6) is 5.75 Å². The molecule has 0 atom stereocenters. The molecule has 2 rings (SSSR count). The van der Waals surface area contributed by atoms with Gasteiger partial charge < -0.3 is 15.0 Å². The van der Waals surface area contributed by atoms with Crippen molar-refractivity contribution in [2.75, 3.05) is 25.5 Å². The number of nitrogens with zero attached hydrogens (tertiary/aromatic N) is 1. The van der Waals surface area contributed by atoms with Crippen LogP contribution in [0.2, 0.25) is 0 Å². The zero-order valence-corrected chi connectivity index (χ0v) is 15.1. The molecule has 0 aliphatic carbocycles. The van der Waals surface area contributed by atoms with Gasteiger partial charge in [-0.2, -0.15) is 0 Å². The Bertz CT molecular complexity index is 771. The number of likely N-dealkylation sites (N-methyl/N-ethyl adjacent to an activating group) is 1. The minimum absolute atomic E-state index is 0.0245. The van der Waals surface area contributed by atoms with Crippen molar-refractivity contribution in [3.8, 4) is 5.75 Å². The highest BCUT2D eigenvalue weighted by Gasteiger charge is 2.15. The molecule has 0 spiro atoms. The van der Waals surface area contributed by atoms with E-state index in [4.69, 9.17) is 4.74 Å². The number of hydrogen-bond donors (Lipinski definition) is 1. The highest BCUT2D eigenvalue weighted by Crippen LogP contribution is 2.18. The number of para-hydroxylation sites is 1. The van der Waals surface area contributed by atoms with Crippen molar-refractivity contribution in [3.63, 3.8) is 0 Å². The first-order valence-corrected chi connectivity index (χ1v) is 8.17. The first kappa shape index (κ1) is 18.5. The van der Waals surface area contributed by atoms with E-state index in [2.05, 4.69) is 5.32 Å². The maximum absolute atomic E-state index is 12.2. The van der Waals surface area contributed by atoms with E-state index in [0.717, 1.165) is 22.4 Å². The van der Waals surface area contributed by atoms with Crippen LogP contribution in [0.3, 0.4) is 0 Å². The lowest BCUT2D eigenvalue weighted by Gasteiger charge is -2.18. The van der Waals surface area contributed by atoms with Gasteiger partial charge in [-0.25, -0.2) is 0 Å². The number of benzene rings is 2. The van der Waals surface area contributed by atoms with E-state index >= 15 is 0 Å². The molecule has 0 radical (unpaired) electrons. The fourth-order valence-electron chi connectivity index (χ4n) is 2.35. The van der Waals surface area contributed by atoms with E-state index < -0.39 is 0 Å². The van der Waals surface area contributed by atoms with Gasteiger partial charge in [0.1, 0.15) is 5.75 Å². The maximum atomic E-state index is 12.2. The summed E-state index contributed by atoms with van der Waals surface area (Å²) in [5.41, 5.74) is 3.86. The molecule has 0 unspecified atom stereocenters. The molecule has 25 heavy (non-hydrogen) atoms. The first-order chi connectivity index (χ1) is 11.9. The summed E-state index contributed by atoms with van der Waals surface area (Å²) < 4.78 is 5.53. The minimum atomic E-state index is -0.251. The largest absolute Gasteiger partial charge is 0.484 e. The molecule has 0 aliphatic rings. The molecule has 2 amide bonds. The predicted molar refractivity (Wildman–Crippen MR) is 98.9 cm³/mol.